The van der Waals surface area contributed by atoms with Crippen molar-refractivity contribution in [3.63, 3.8) is 0 Å². The van der Waals surface area contributed by atoms with E-state index in [0.717, 1.165) is 6.20 Å². The molecule has 16 heavy (non-hydrogen) atoms. The number of pyridine rings is 1. The number of aromatic nitrogens is 1. The van der Waals surface area contributed by atoms with Gasteiger partial charge in [0.05, 0.1) is 25.3 Å². The molecule has 0 aromatic carbocycles. The number of esters is 2. The van der Waals surface area contributed by atoms with Crippen LogP contribution in [0.2, 0.25) is 0 Å². The molecule has 0 bridgehead atoms. The lowest BCUT2D eigenvalue weighted by Crippen LogP contribution is -2.12. The molecule has 0 atom stereocenters. The van der Waals surface area contributed by atoms with Gasteiger partial charge in [0.2, 0.25) is 0 Å². The molecule has 82 valence electrons. The Kier molecular flexibility index (Phi) is 3.56. The fraction of sp³-hybridized carbons (Fsp3) is 0.200. The monoisotopic (exact) mass is 220 g/mol. The van der Waals surface area contributed by atoms with E-state index in [-0.39, 0.29) is 16.8 Å². The normalized spacial score (nSPS) is 9.06. The summed E-state index contributed by atoms with van der Waals surface area (Å²) in [5.74, 6) is -1.43. The molecule has 6 nitrogen and oxygen atoms in total. The third-order valence-corrected chi connectivity index (χ3v) is 1.83. The first kappa shape index (κ1) is 11.7. The summed E-state index contributed by atoms with van der Waals surface area (Å²) in [4.78, 5) is 26.3. The van der Waals surface area contributed by atoms with Gasteiger partial charge in [0.1, 0.15) is 11.8 Å². The largest absolute Gasteiger partial charge is 0.465 e. The topological polar surface area (TPSA) is 89.3 Å². The van der Waals surface area contributed by atoms with Crippen molar-refractivity contribution in [1.82, 2.24) is 4.98 Å². The molecular weight excluding hydrogens is 212 g/mol. The average Bonchev–Trinajstić information content (AvgIpc) is 2.36. The molecule has 0 unspecified atom stereocenters. The second kappa shape index (κ2) is 4.89. The van der Waals surface area contributed by atoms with Crippen LogP contribution in [0.15, 0.2) is 12.3 Å². The van der Waals surface area contributed by atoms with Gasteiger partial charge in [0.15, 0.2) is 0 Å². The summed E-state index contributed by atoms with van der Waals surface area (Å²) in [7, 11) is 2.36. The Balaban J connectivity index is 3.34. The first-order chi connectivity index (χ1) is 7.63. The maximum Gasteiger partial charge on any atom is 0.340 e. The maximum absolute atomic E-state index is 11.4. The van der Waals surface area contributed by atoms with Gasteiger partial charge in [-0.2, -0.15) is 5.26 Å². The van der Waals surface area contributed by atoms with Crippen molar-refractivity contribution >= 4 is 11.9 Å². The van der Waals surface area contributed by atoms with E-state index in [4.69, 9.17) is 5.26 Å². The molecule has 1 rings (SSSR count). The highest BCUT2D eigenvalue weighted by Gasteiger charge is 2.19. The van der Waals surface area contributed by atoms with Gasteiger partial charge in [0.25, 0.3) is 0 Å². The minimum absolute atomic E-state index is 0.0213. The molecular formula is C10H8N2O4. The van der Waals surface area contributed by atoms with E-state index in [1.165, 1.54) is 20.3 Å². The SMILES string of the molecule is COC(=O)c1cnc(C#N)cc1C(=O)OC. The lowest BCUT2D eigenvalue weighted by atomic mass is 10.1. The Bertz CT molecular complexity index is 476. The molecule has 0 radical (unpaired) electrons. The van der Waals surface area contributed by atoms with E-state index >= 15 is 0 Å². The van der Waals surface area contributed by atoms with Gasteiger partial charge in [-0.3, -0.25) is 0 Å². The smallest absolute Gasteiger partial charge is 0.340 e. The highest BCUT2D eigenvalue weighted by Crippen LogP contribution is 2.12. The summed E-state index contributed by atoms with van der Waals surface area (Å²) in [5, 5.41) is 8.62. The van der Waals surface area contributed by atoms with Gasteiger partial charge in [-0.05, 0) is 6.07 Å². The summed E-state index contributed by atoms with van der Waals surface area (Å²) >= 11 is 0. The Labute approximate surface area is 91.4 Å². The molecule has 0 aliphatic heterocycles. The molecule has 1 heterocycles. The summed E-state index contributed by atoms with van der Waals surface area (Å²) in [6, 6.07) is 2.94. The van der Waals surface area contributed by atoms with Gasteiger partial charge in [-0.1, -0.05) is 0 Å². The van der Waals surface area contributed by atoms with Crippen LogP contribution >= 0.6 is 0 Å². The predicted octanol–water partition coefficient (Wildman–Crippen LogP) is 0.526. The van der Waals surface area contributed by atoms with Crippen molar-refractivity contribution in [2.75, 3.05) is 14.2 Å². The maximum atomic E-state index is 11.4. The zero-order chi connectivity index (χ0) is 12.1. The summed E-state index contributed by atoms with van der Waals surface area (Å²) in [6.45, 7) is 0. The summed E-state index contributed by atoms with van der Waals surface area (Å²) in [6.07, 6.45) is 1.11. The number of nitrogens with zero attached hydrogens (tertiary/aromatic N) is 2. The molecule has 0 fully saturated rings. The molecule has 0 amide bonds. The Morgan fingerprint density at radius 2 is 1.81 bits per heavy atom. The van der Waals surface area contributed by atoms with Crippen LogP contribution in [-0.4, -0.2) is 31.1 Å². The lowest BCUT2D eigenvalue weighted by Gasteiger charge is -2.05. The van der Waals surface area contributed by atoms with E-state index in [2.05, 4.69) is 14.5 Å². The molecule has 0 spiro atoms. The van der Waals surface area contributed by atoms with Crippen LogP contribution in [0.4, 0.5) is 0 Å². The Morgan fingerprint density at radius 3 is 2.31 bits per heavy atom. The third-order valence-electron chi connectivity index (χ3n) is 1.83. The number of carbonyl (C=O) groups excluding carboxylic acids is 2. The highest BCUT2D eigenvalue weighted by atomic mass is 16.5. The fourth-order valence-electron chi connectivity index (χ4n) is 1.07. The van der Waals surface area contributed by atoms with Crippen molar-refractivity contribution in [2.24, 2.45) is 0 Å². The van der Waals surface area contributed by atoms with Crippen LogP contribution in [0.1, 0.15) is 26.4 Å². The van der Waals surface area contributed by atoms with E-state index in [1.807, 2.05) is 0 Å². The van der Waals surface area contributed by atoms with Gasteiger partial charge >= 0.3 is 11.9 Å². The number of carbonyl (C=O) groups is 2. The van der Waals surface area contributed by atoms with Gasteiger partial charge in [-0.25, -0.2) is 14.6 Å². The zero-order valence-electron chi connectivity index (χ0n) is 8.68. The fourth-order valence-corrected chi connectivity index (χ4v) is 1.07. The molecule has 0 aliphatic carbocycles. The van der Waals surface area contributed by atoms with Gasteiger partial charge in [-0.15, -0.1) is 0 Å². The van der Waals surface area contributed by atoms with Gasteiger partial charge in [0, 0.05) is 6.20 Å². The second-order valence-corrected chi connectivity index (χ2v) is 2.71. The average molecular weight is 220 g/mol. The van der Waals surface area contributed by atoms with E-state index < -0.39 is 11.9 Å². The summed E-state index contributed by atoms with van der Waals surface area (Å²) in [5.41, 5.74) is -0.0534. The molecule has 0 N–H and O–H groups in total. The quantitative estimate of drug-likeness (QED) is 0.675. The van der Waals surface area contributed by atoms with Crippen LogP contribution in [0.3, 0.4) is 0 Å². The molecule has 1 aromatic heterocycles. The van der Waals surface area contributed by atoms with Crippen LogP contribution in [0, 0.1) is 11.3 Å². The number of hydrogen-bond donors (Lipinski definition) is 0. The van der Waals surface area contributed by atoms with E-state index in [0.29, 0.717) is 0 Å². The Hall–Kier alpha value is -2.42. The second-order valence-electron chi connectivity index (χ2n) is 2.71. The number of ether oxygens (including phenoxy) is 2. The minimum atomic E-state index is -0.723. The van der Waals surface area contributed by atoms with Crippen molar-refractivity contribution in [3.05, 3.63) is 29.1 Å². The van der Waals surface area contributed by atoms with Crippen molar-refractivity contribution in [3.8, 4) is 6.07 Å². The number of nitriles is 1. The first-order valence-electron chi connectivity index (χ1n) is 4.20. The Morgan fingerprint density at radius 1 is 1.25 bits per heavy atom. The van der Waals surface area contributed by atoms with Crippen LogP contribution in [0.25, 0.3) is 0 Å². The molecule has 0 saturated heterocycles. The first-order valence-corrected chi connectivity index (χ1v) is 4.20. The summed E-state index contributed by atoms with van der Waals surface area (Å²) < 4.78 is 8.96. The van der Waals surface area contributed by atoms with Crippen LogP contribution < -0.4 is 0 Å². The van der Waals surface area contributed by atoms with Crippen molar-refractivity contribution in [2.45, 2.75) is 0 Å². The van der Waals surface area contributed by atoms with Crippen molar-refractivity contribution in [1.29, 1.82) is 5.26 Å². The van der Waals surface area contributed by atoms with E-state index in [1.54, 1.807) is 6.07 Å². The molecule has 0 saturated carbocycles. The van der Waals surface area contributed by atoms with E-state index in [9.17, 15) is 9.59 Å². The van der Waals surface area contributed by atoms with Crippen molar-refractivity contribution < 1.29 is 19.1 Å². The zero-order valence-corrected chi connectivity index (χ0v) is 8.68. The number of methoxy groups -OCH3 is 2. The molecule has 0 aliphatic rings. The highest BCUT2D eigenvalue weighted by molar-refractivity contribution is 6.03. The number of hydrogen-bond acceptors (Lipinski definition) is 6. The molecule has 1 aromatic rings. The minimum Gasteiger partial charge on any atom is -0.465 e. The standard InChI is InChI=1S/C10H8N2O4/c1-15-9(13)7-3-6(4-11)12-5-8(7)10(14)16-2/h3,5H,1-2H3. The third kappa shape index (κ3) is 2.15. The predicted molar refractivity (Wildman–Crippen MR) is 51.6 cm³/mol. The number of rotatable bonds is 2. The van der Waals surface area contributed by atoms with Crippen LogP contribution in [-0.2, 0) is 9.47 Å². The van der Waals surface area contributed by atoms with Gasteiger partial charge < -0.3 is 9.47 Å². The molecule has 6 heteroatoms. The lowest BCUT2D eigenvalue weighted by molar-refractivity contribution is 0.0554. The van der Waals surface area contributed by atoms with Crippen LogP contribution in [0.5, 0.6) is 0 Å².